The first-order valence-corrected chi connectivity index (χ1v) is 9.38. The summed E-state index contributed by atoms with van der Waals surface area (Å²) < 4.78 is 0. The lowest BCUT2D eigenvalue weighted by molar-refractivity contribution is -0.125. The number of carbonyl (C=O) groups excluding carboxylic acids is 2. The molecule has 2 rings (SSSR count). The summed E-state index contributed by atoms with van der Waals surface area (Å²) in [6.07, 6.45) is 2.06. The third-order valence-electron chi connectivity index (χ3n) is 4.03. The molecule has 1 aliphatic rings. The zero-order valence-corrected chi connectivity index (χ0v) is 14.9. The Kier molecular flexibility index (Phi) is 6.51. The Morgan fingerprint density at radius 1 is 1.22 bits per heavy atom. The highest BCUT2D eigenvalue weighted by Crippen LogP contribution is 2.23. The van der Waals surface area contributed by atoms with Crippen LogP contribution in [0.5, 0.6) is 0 Å². The van der Waals surface area contributed by atoms with Crippen LogP contribution in [0, 0.1) is 5.92 Å². The molecule has 0 aromatic heterocycles. The molecule has 23 heavy (non-hydrogen) atoms. The summed E-state index contributed by atoms with van der Waals surface area (Å²) in [6, 6.07) is 8.95. The molecule has 4 nitrogen and oxygen atoms in total. The van der Waals surface area contributed by atoms with Crippen molar-refractivity contribution < 1.29 is 9.59 Å². The van der Waals surface area contributed by atoms with Crippen LogP contribution in [0.1, 0.15) is 44.0 Å². The lowest BCUT2D eigenvalue weighted by atomic mass is 10.0. The van der Waals surface area contributed by atoms with Gasteiger partial charge in [0.25, 0.3) is 5.91 Å². The van der Waals surface area contributed by atoms with E-state index in [0.29, 0.717) is 23.1 Å². The van der Waals surface area contributed by atoms with Gasteiger partial charge in [-0.15, -0.1) is 11.8 Å². The van der Waals surface area contributed by atoms with Crippen LogP contribution in [0.4, 0.5) is 0 Å². The summed E-state index contributed by atoms with van der Waals surface area (Å²) in [5.41, 5.74) is 0.639. The molecule has 0 radical (unpaired) electrons. The molecule has 1 N–H and O–H groups in total. The first kappa shape index (κ1) is 17.9. The van der Waals surface area contributed by atoms with Crippen LogP contribution in [0.2, 0.25) is 0 Å². The van der Waals surface area contributed by atoms with E-state index < -0.39 is 0 Å². The molecular weight excluding hydrogens is 308 g/mol. The van der Waals surface area contributed by atoms with Crippen molar-refractivity contribution in [1.29, 1.82) is 0 Å². The fourth-order valence-electron chi connectivity index (χ4n) is 2.60. The summed E-state index contributed by atoms with van der Waals surface area (Å²) in [4.78, 5) is 26.8. The van der Waals surface area contributed by atoms with Crippen molar-refractivity contribution in [2.24, 2.45) is 5.92 Å². The first-order chi connectivity index (χ1) is 11.0. The Morgan fingerprint density at radius 3 is 2.57 bits per heavy atom. The van der Waals surface area contributed by atoms with Crippen molar-refractivity contribution in [3.05, 3.63) is 35.9 Å². The molecule has 1 heterocycles. The molecule has 1 aliphatic heterocycles. The van der Waals surface area contributed by atoms with E-state index in [1.54, 1.807) is 28.8 Å². The second-order valence-electron chi connectivity index (χ2n) is 6.54. The van der Waals surface area contributed by atoms with Gasteiger partial charge >= 0.3 is 0 Å². The van der Waals surface area contributed by atoms with E-state index in [-0.39, 0.29) is 23.9 Å². The fraction of sp³-hybridized carbons (Fsp3) is 0.556. The van der Waals surface area contributed by atoms with Gasteiger partial charge in [-0.3, -0.25) is 9.59 Å². The fourth-order valence-corrected chi connectivity index (χ4v) is 3.76. The van der Waals surface area contributed by atoms with Crippen molar-refractivity contribution in [3.63, 3.8) is 0 Å². The van der Waals surface area contributed by atoms with Gasteiger partial charge in [-0.05, 0) is 37.8 Å². The monoisotopic (exact) mass is 334 g/mol. The van der Waals surface area contributed by atoms with Crippen molar-refractivity contribution in [2.45, 2.75) is 45.7 Å². The maximum atomic E-state index is 12.6. The number of hydrogen-bond donors (Lipinski definition) is 1. The van der Waals surface area contributed by atoms with Crippen molar-refractivity contribution in [3.8, 4) is 0 Å². The summed E-state index contributed by atoms with van der Waals surface area (Å²) in [7, 11) is 0. The number of nitrogens with one attached hydrogen (secondary N) is 1. The molecule has 2 atom stereocenters. The van der Waals surface area contributed by atoms with Crippen molar-refractivity contribution >= 4 is 23.6 Å². The molecular formula is C18H26N2O2S. The van der Waals surface area contributed by atoms with E-state index in [9.17, 15) is 9.59 Å². The van der Waals surface area contributed by atoms with Gasteiger partial charge in [-0.1, -0.05) is 32.0 Å². The largest absolute Gasteiger partial charge is 0.352 e. The number of hydrogen-bond acceptors (Lipinski definition) is 3. The summed E-state index contributed by atoms with van der Waals surface area (Å²) in [6.45, 7) is 6.40. The smallest absolute Gasteiger partial charge is 0.255 e. The summed E-state index contributed by atoms with van der Waals surface area (Å²) in [5.74, 6) is 1.78. The average Bonchev–Trinajstić information content (AvgIpc) is 3.02. The normalized spacial score (nSPS) is 19.0. The minimum atomic E-state index is -0.366. The Labute approximate surface area is 143 Å². The van der Waals surface area contributed by atoms with E-state index >= 15 is 0 Å². The van der Waals surface area contributed by atoms with Crippen LogP contribution >= 0.6 is 11.8 Å². The molecule has 0 bridgehead atoms. The number of thioether (sulfide) groups is 1. The van der Waals surface area contributed by atoms with Gasteiger partial charge in [0.1, 0.15) is 6.04 Å². The molecule has 126 valence electrons. The van der Waals surface area contributed by atoms with Crippen LogP contribution in [-0.2, 0) is 4.79 Å². The number of amides is 2. The number of carbonyl (C=O) groups is 2. The Morgan fingerprint density at radius 2 is 1.91 bits per heavy atom. The third-order valence-corrected chi connectivity index (χ3v) is 5.04. The minimum Gasteiger partial charge on any atom is -0.352 e. The maximum Gasteiger partial charge on any atom is 0.255 e. The zero-order chi connectivity index (χ0) is 16.8. The molecule has 0 spiro atoms. The van der Waals surface area contributed by atoms with E-state index in [1.807, 2.05) is 25.1 Å². The van der Waals surface area contributed by atoms with Crippen molar-refractivity contribution in [2.75, 3.05) is 11.6 Å². The van der Waals surface area contributed by atoms with Gasteiger partial charge in [-0.2, -0.15) is 0 Å². The van der Waals surface area contributed by atoms with E-state index in [4.69, 9.17) is 0 Å². The maximum absolute atomic E-state index is 12.6. The highest BCUT2D eigenvalue weighted by molar-refractivity contribution is 7.99. The summed E-state index contributed by atoms with van der Waals surface area (Å²) >= 11 is 1.63. The van der Waals surface area contributed by atoms with Crippen LogP contribution < -0.4 is 5.32 Å². The average molecular weight is 334 g/mol. The van der Waals surface area contributed by atoms with Gasteiger partial charge in [0.2, 0.25) is 5.91 Å². The number of nitrogens with zero attached hydrogens (tertiary/aromatic N) is 1. The molecule has 5 heteroatoms. The molecule has 1 aromatic rings. The standard InChI is InChI=1S/C18H26N2O2S/c1-13(2)9-10-14(3)19-17(21)16-11-23-12-20(16)18(22)15-7-5-4-6-8-15/h4-8,13-14,16H,9-12H2,1-3H3,(H,19,21). The highest BCUT2D eigenvalue weighted by Gasteiger charge is 2.35. The molecule has 2 amide bonds. The van der Waals surface area contributed by atoms with Crippen LogP contribution in [0.3, 0.4) is 0 Å². The topological polar surface area (TPSA) is 49.4 Å². The molecule has 0 saturated carbocycles. The first-order valence-electron chi connectivity index (χ1n) is 8.23. The highest BCUT2D eigenvalue weighted by atomic mass is 32.2. The van der Waals surface area contributed by atoms with E-state index in [0.717, 1.165) is 12.8 Å². The second-order valence-corrected chi connectivity index (χ2v) is 7.54. The van der Waals surface area contributed by atoms with Crippen LogP contribution in [-0.4, -0.2) is 40.4 Å². The quantitative estimate of drug-likeness (QED) is 0.869. The van der Waals surface area contributed by atoms with Crippen LogP contribution in [0.25, 0.3) is 0 Å². The van der Waals surface area contributed by atoms with Gasteiger partial charge in [-0.25, -0.2) is 0 Å². The van der Waals surface area contributed by atoms with E-state index in [2.05, 4.69) is 19.2 Å². The number of benzene rings is 1. The predicted molar refractivity (Wildman–Crippen MR) is 95.4 cm³/mol. The molecule has 1 aromatic carbocycles. The summed E-state index contributed by atoms with van der Waals surface area (Å²) in [5, 5.41) is 3.07. The van der Waals surface area contributed by atoms with Gasteiger partial charge in [0.05, 0.1) is 5.88 Å². The minimum absolute atomic E-state index is 0.0319. The lowest BCUT2D eigenvalue weighted by Crippen LogP contribution is -2.49. The molecule has 1 fully saturated rings. The van der Waals surface area contributed by atoms with Gasteiger partial charge in [0.15, 0.2) is 0 Å². The van der Waals surface area contributed by atoms with Gasteiger partial charge in [0, 0.05) is 17.4 Å². The molecule has 2 unspecified atom stereocenters. The zero-order valence-electron chi connectivity index (χ0n) is 14.1. The van der Waals surface area contributed by atoms with E-state index in [1.165, 1.54) is 0 Å². The Hall–Kier alpha value is -1.49. The third kappa shape index (κ3) is 4.99. The van der Waals surface area contributed by atoms with Crippen LogP contribution in [0.15, 0.2) is 30.3 Å². The second kappa shape index (κ2) is 8.39. The predicted octanol–water partition coefficient (Wildman–Crippen LogP) is 3.14. The molecule has 0 aliphatic carbocycles. The SMILES string of the molecule is CC(C)CCC(C)NC(=O)C1CSCN1C(=O)c1ccccc1. The number of rotatable bonds is 6. The molecule has 1 saturated heterocycles. The van der Waals surface area contributed by atoms with Crippen molar-refractivity contribution in [1.82, 2.24) is 10.2 Å². The Balaban J connectivity index is 1.95. The Bertz CT molecular complexity index is 533. The van der Waals surface area contributed by atoms with Gasteiger partial charge < -0.3 is 10.2 Å². The lowest BCUT2D eigenvalue weighted by Gasteiger charge is -2.25.